The first-order valence-electron chi connectivity index (χ1n) is 11.6. The standard InChI is InChI=1S/C23H34N8O/c1-4-18-20-21(31(29-18)13-14-32-5-2)22(26-19-8-6-7-16(3)25-19)28-23(27-20)30-11-9-17(15-24)10-12-30/h6-8,17H,4-5,9-15,24H2,1-3H3,(H,25,26,27,28). The number of hydrogen-bond acceptors (Lipinski definition) is 8. The minimum absolute atomic E-state index is 0.580. The molecule has 0 radical (unpaired) electrons. The maximum Gasteiger partial charge on any atom is 0.228 e. The first-order chi connectivity index (χ1) is 15.6. The molecule has 32 heavy (non-hydrogen) atoms. The molecule has 0 bridgehead atoms. The van der Waals surface area contributed by atoms with Gasteiger partial charge in [0, 0.05) is 25.4 Å². The molecule has 0 spiro atoms. The number of ether oxygens (including phenoxy) is 1. The summed E-state index contributed by atoms with van der Waals surface area (Å²) in [6.45, 7) is 10.6. The number of pyridine rings is 1. The van der Waals surface area contributed by atoms with Crippen molar-refractivity contribution in [3.05, 3.63) is 29.6 Å². The van der Waals surface area contributed by atoms with E-state index in [4.69, 9.17) is 25.5 Å². The lowest BCUT2D eigenvalue weighted by Crippen LogP contribution is -2.37. The Kier molecular flexibility index (Phi) is 7.16. The summed E-state index contributed by atoms with van der Waals surface area (Å²) >= 11 is 0. The van der Waals surface area contributed by atoms with Gasteiger partial charge in [-0.1, -0.05) is 13.0 Å². The lowest BCUT2D eigenvalue weighted by Gasteiger charge is -2.31. The molecular formula is C23H34N8O. The van der Waals surface area contributed by atoms with Crippen LogP contribution in [0, 0.1) is 12.8 Å². The highest BCUT2D eigenvalue weighted by Gasteiger charge is 2.24. The number of nitrogens with two attached hydrogens (primary N) is 1. The predicted molar refractivity (Wildman–Crippen MR) is 127 cm³/mol. The molecule has 0 aliphatic carbocycles. The van der Waals surface area contributed by atoms with Crippen molar-refractivity contribution in [2.24, 2.45) is 11.7 Å². The Balaban J connectivity index is 1.77. The van der Waals surface area contributed by atoms with Crippen molar-refractivity contribution in [3.8, 4) is 0 Å². The second-order valence-corrected chi connectivity index (χ2v) is 8.25. The molecule has 1 fully saturated rings. The summed E-state index contributed by atoms with van der Waals surface area (Å²) < 4.78 is 7.55. The van der Waals surface area contributed by atoms with Gasteiger partial charge >= 0.3 is 0 Å². The summed E-state index contributed by atoms with van der Waals surface area (Å²) in [7, 11) is 0. The summed E-state index contributed by atoms with van der Waals surface area (Å²) in [5.74, 6) is 2.81. The topological polar surface area (TPSA) is 107 Å². The van der Waals surface area contributed by atoms with E-state index in [1.165, 1.54) is 0 Å². The van der Waals surface area contributed by atoms with Crippen LogP contribution in [0.1, 0.15) is 38.1 Å². The summed E-state index contributed by atoms with van der Waals surface area (Å²) in [6, 6.07) is 5.93. The third-order valence-corrected chi connectivity index (χ3v) is 6.00. The molecule has 3 aromatic heterocycles. The Morgan fingerprint density at radius 2 is 1.97 bits per heavy atom. The minimum atomic E-state index is 0.580. The number of nitrogens with zero attached hydrogens (tertiary/aromatic N) is 6. The van der Waals surface area contributed by atoms with E-state index in [0.29, 0.717) is 25.7 Å². The minimum Gasteiger partial charge on any atom is -0.380 e. The molecule has 1 saturated heterocycles. The van der Waals surface area contributed by atoms with Crippen molar-refractivity contribution >= 4 is 28.6 Å². The van der Waals surface area contributed by atoms with Crippen LogP contribution in [-0.4, -0.2) is 57.6 Å². The highest BCUT2D eigenvalue weighted by atomic mass is 16.5. The van der Waals surface area contributed by atoms with Gasteiger partial charge in [-0.25, -0.2) is 9.97 Å². The lowest BCUT2D eigenvalue weighted by atomic mass is 9.97. The number of rotatable bonds is 9. The van der Waals surface area contributed by atoms with Crippen LogP contribution in [0.5, 0.6) is 0 Å². The van der Waals surface area contributed by atoms with Gasteiger partial charge in [-0.3, -0.25) is 4.68 Å². The first-order valence-corrected chi connectivity index (χ1v) is 11.6. The van der Waals surface area contributed by atoms with Crippen LogP contribution in [-0.2, 0) is 17.7 Å². The quantitative estimate of drug-likeness (QED) is 0.491. The number of aryl methyl sites for hydroxylation is 2. The van der Waals surface area contributed by atoms with E-state index in [1.54, 1.807) is 0 Å². The van der Waals surface area contributed by atoms with Crippen LogP contribution in [0.15, 0.2) is 18.2 Å². The normalized spacial score (nSPS) is 14.9. The molecule has 3 N–H and O–H groups in total. The third kappa shape index (κ3) is 4.83. The number of aromatic nitrogens is 5. The number of piperidine rings is 1. The molecule has 0 unspecified atom stereocenters. The van der Waals surface area contributed by atoms with Gasteiger partial charge in [-0.2, -0.15) is 10.1 Å². The van der Waals surface area contributed by atoms with Gasteiger partial charge < -0.3 is 20.7 Å². The molecule has 4 rings (SSSR count). The molecule has 172 valence electrons. The number of hydrogen-bond donors (Lipinski definition) is 2. The van der Waals surface area contributed by atoms with Gasteiger partial charge in [0.25, 0.3) is 0 Å². The zero-order chi connectivity index (χ0) is 22.5. The zero-order valence-electron chi connectivity index (χ0n) is 19.3. The van der Waals surface area contributed by atoms with Crippen molar-refractivity contribution in [1.29, 1.82) is 0 Å². The largest absolute Gasteiger partial charge is 0.380 e. The Bertz CT molecular complexity index is 1040. The van der Waals surface area contributed by atoms with Crippen molar-refractivity contribution in [1.82, 2.24) is 24.7 Å². The summed E-state index contributed by atoms with van der Waals surface area (Å²) in [6.07, 6.45) is 2.93. The van der Waals surface area contributed by atoms with Crippen molar-refractivity contribution in [3.63, 3.8) is 0 Å². The molecule has 4 heterocycles. The number of anilines is 3. The highest BCUT2D eigenvalue weighted by molar-refractivity contribution is 5.90. The monoisotopic (exact) mass is 438 g/mol. The van der Waals surface area contributed by atoms with Gasteiger partial charge in [-0.05, 0) is 57.7 Å². The Morgan fingerprint density at radius 3 is 2.66 bits per heavy atom. The summed E-state index contributed by atoms with van der Waals surface area (Å²) in [5.41, 5.74) is 9.59. The molecule has 1 aliphatic heterocycles. The average Bonchev–Trinajstić information content (AvgIpc) is 3.17. The van der Waals surface area contributed by atoms with E-state index < -0.39 is 0 Å². The molecule has 0 atom stereocenters. The fraction of sp³-hybridized carbons (Fsp3) is 0.565. The molecule has 0 aromatic carbocycles. The van der Waals surface area contributed by atoms with Crippen molar-refractivity contribution in [2.45, 2.75) is 46.6 Å². The molecule has 3 aromatic rings. The van der Waals surface area contributed by atoms with E-state index in [2.05, 4.69) is 22.1 Å². The van der Waals surface area contributed by atoms with E-state index in [0.717, 1.165) is 78.9 Å². The van der Waals surface area contributed by atoms with Gasteiger partial charge in [0.05, 0.1) is 18.8 Å². The second-order valence-electron chi connectivity index (χ2n) is 8.25. The van der Waals surface area contributed by atoms with Crippen LogP contribution in [0.25, 0.3) is 11.0 Å². The van der Waals surface area contributed by atoms with Crippen LogP contribution in [0.4, 0.5) is 17.6 Å². The SMILES string of the molecule is CCOCCn1nc(CC)c2nc(N3CCC(CN)CC3)nc(Nc3cccc(C)n3)c21. The van der Waals surface area contributed by atoms with Gasteiger partial charge in [0.1, 0.15) is 16.9 Å². The predicted octanol–water partition coefficient (Wildman–Crippen LogP) is 3.05. The fourth-order valence-corrected chi connectivity index (χ4v) is 4.16. The Morgan fingerprint density at radius 1 is 1.16 bits per heavy atom. The maximum absolute atomic E-state index is 5.89. The fourth-order valence-electron chi connectivity index (χ4n) is 4.16. The molecule has 9 heteroatoms. The summed E-state index contributed by atoms with van der Waals surface area (Å²) in [4.78, 5) is 16.8. The second kappa shape index (κ2) is 10.2. The summed E-state index contributed by atoms with van der Waals surface area (Å²) in [5, 5.41) is 8.29. The molecule has 9 nitrogen and oxygen atoms in total. The van der Waals surface area contributed by atoms with Crippen LogP contribution in [0.2, 0.25) is 0 Å². The van der Waals surface area contributed by atoms with Gasteiger partial charge in [-0.15, -0.1) is 0 Å². The van der Waals surface area contributed by atoms with Gasteiger partial charge in [0.15, 0.2) is 5.82 Å². The molecule has 1 aliphatic rings. The zero-order valence-corrected chi connectivity index (χ0v) is 19.3. The first kappa shape index (κ1) is 22.4. The molecular weight excluding hydrogens is 404 g/mol. The Labute approximate surface area is 189 Å². The van der Waals surface area contributed by atoms with Crippen LogP contribution < -0.4 is 16.0 Å². The number of fused-ring (bicyclic) bond motifs is 1. The molecule has 0 amide bonds. The van der Waals surface area contributed by atoms with E-state index in [1.807, 2.05) is 36.7 Å². The average molecular weight is 439 g/mol. The third-order valence-electron chi connectivity index (χ3n) is 6.00. The smallest absolute Gasteiger partial charge is 0.228 e. The van der Waals surface area contributed by atoms with Gasteiger partial charge in [0.2, 0.25) is 5.95 Å². The lowest BCUT2D eigenvalue weighted by molar-refractivity contribution is 0.137. The van der Waals surface area contributed by atoms with Crippen LogP contribution >= 0.6 is 0 Å². The van der Waals surface area contributed by atoms with E-state index in [9.17, 15) is 0 Å². The maximum atomic E-state index is 5.89. The van der Waals surface area contributed by atoms with Crippen molar-refractivity contribution in [2.75, 3.05) is 43.1 Å². The van der Waals surface area contributed by atoms with Crippen molar-refractivity contribution < 1.29 is 4.74 Å². The highest BCUT2D eigenvalue weighted by Crippen LogP contribution is 2.30. The molecule has 0 saturated carbocycles. The van der Waals surface area contributed by atoms with E-state index >= 15 is 0 Å². The Hall–Kier alpha value is -2.78. The van der Waals surface area contributed by atoms with E-state index in [-0.39, 0.29) is 0 Å². The number of nitrogens with one attached hydrogen (secondary N) is 1. The van der Waals surface area contributed by atoms with Crippen LogP contribution in [0.3, 0.4) is 0 Å².